The predicted octanol–water partition coefficient (Wildman–Crippen LogP) is 3.42. The van der Waals surface area contributed by atoms with E-state index in [-0.39, 0.29) is 17.5 Å². The number of halogens is 1. The highest BCUT2D eigenvalue weighted by molar-refractivity contribution is 9.10. The van der Waals surface area contributed by atoms with E-state index in [0.717, 1.165) is 32.8 Å². The molecule has 2 aliphatic heterocycles. The monoisotopic (exact) mass is 481 g/mol. The second-order valence-corrected chi connectivity index (χ2v) is 10.5. The number of hydrogen-bond acceptors (Lipinski definition) is 6. The molecule has 6 nitrogen and oxygen atoms in total. The van der Waals surface area contributed by atoms with Gasteiger partial charge in [0.15, 0.2) is 21.3 Å². The summed E-state index contributed by atoms with van der Waals surface area (Å²) < 4.78 is 41.8. The largest absolute Gasteiger partial charge is 0.497 e. The Morgan fingerprint density at radius 3 is 2.41 bits per heavy atom. The molecule has 1 atom stereocenters. The van der Waals surface area contributed by atoms with Crippen molar-refractivity contribution >= 4 is 25.8 Å². The van der Waals surface area contributed by atoms with Crippen LogP contribution in [0.3, 0.4) is 0 Å². The zero-order valence-electron chi connectivity index (χ0n) is 16.3. The molecule has 0 aromatic heterocycles. The molecule has 1 fully saturated rings. The summed E-state index contributed by atoms with van der Waals surface area (Å²) >= 11 is 3.64. The molecule has 2 heterocycles. The first-order chi connectivity index (χ1) is 13.9. The number of fused-ring (bicyclic) bond motifs is 1. The number of nitrogens with zero attached hydrogens (tertiary/aromatic N) is 1. The Hall–Kier alpha value is -1.77. The second kappa shape index (κ2) is 8.53. The van der Waals surface area contributed by atoms with Gasteiger partial charge in [0.05, 0.1) is 18.6 Å². The first-order valence-corrected chi connectivity index (χ1v) is 12.2. The molecule has 1 unspecified atom stereocenters. The fraction of sp³-hybridized carbons (Fsp3) is 0.429. The van der Waals surface area contributed by atoms with E-state index < -0.39 is 9.84 Å². The molecule has 0 N–H and O–H groups in total. The smallest absolute Gasteiger partial charge is 0.162 e. The zero-order valence-corrected chi connectivity index (χ0v) is 18.7. The Bertz CT molecular complexity index is 977. The van der Waals surface area contributed by atoms with Crippen LogP contribution in [0.5, 0.6) is 17.2 Å². The minimum Gasteiger partial charge on any atom is -0.497 e. The Labute approximate surface area is 179 Å². The van der Waals surface area contributed by atoms with Gasteiger partial charge in [0.25, 0.3) is 0 Å². The summed E-state index contributed by atoms with van der Waals surface area (Å²) in [6.07, 6.45) is 0.653. The van der Waals surface area contributed by atoms with Gasteiger partial charge in [0.2, 0.25) is 0 Å². The van der Waals surface area contributed by atoms with Crippen molar-refractivity contribution in [2.24, 2.45) is 0 Å². The average Bonchev–Trinajstić information content (AvgIpc) is 3.08. The van der Waals surface area contributed by atoms with E-state index in [9.17, 15) is 8.42 Å². The van der Waals surface area contributed by atoms with E-state index in [1.165, 1.54) is 0 Å². The molecule has 0 saturated carbocycles. The lowest BCUT2D eigenvalue weighted by Gasteiger charge is -2.29. The molecule has 156 valence electrons. The van der Waals surface area contributed by atoms with Crippen LogP contribution in [0.2, 0.25) is 0 Å². The molecule has 8 heteroatoms. The van der Waals surface area contributed by atoms with Gasteiger partial charge in [-0.25, -0.2) is 8.42 Å². The zero-order chi connectivity index (χ0) is 20.4. The van der Waals surface area contributed by atoms with Crippen LogP contribution >= 0.6 is 15.9 Å². The third kappa shape index (κ3) is 4.87. The van der Waals surface area contributed by atoms with Crippen LogP contribution in [-0.4, -0.2) is 51.2 Å². The maximum atomic E-state index is 12.1. The third-order valence-corrected chi connectivity index (χ3v) is 7.84. The standard InChI is InChI=1S/C21H24BrNO5S/c1-26-18-4-2-15(3-5-18)12-23(17-6-9-29(24,25)14-17)13-16-10-20-21(11-19(16)22)28-8-7-27-20/h2-5,10-11,17H,6-9,12-14H2,1H3. The van der Waals surface area contributed by atoms with Crippen LogP contribution < -0.4 is 14.2 Å². The number of sulfone groups is 1. The fourth-order valence-corrected chi connectivity index (χ4v) is 6.00. The summed E-state index contributed by atoms with van der Waals surface area (Å²) in [7, 11) is -1.34. The van der Waals surface area contributed by atoms with Crippen LogP contribution in [0.25, 0.3) is 0 Å². The topological polar surface area (TPSA) is 65.1 Å². The van der Waals surface area contributed by atoms with E-state index in [4.69, 9.17) is 14.2 Å². The Kier molecular flexibility index (Phi) is 6.03. The number of ether oxygens (including phenoxy) is 3. The van der Waals surface area contributed by atoms with Crippen LogP contribution in [0.1, 0.15) is 17.5 Å². The normalized spacial score (nSPS) is 20.0. The van der Waals surface area contributed by atoms with Crippen molar-refractivity contribution in [1.29, 1.82) is 0 Å². The molecule has 2 aliphatic rings. The van der Waals surface area contributed by atoms with E-state index in [2.05, 4.69) is 20.8 Å². The lowest BCUT2D eigenvalue weighted by atomic mass is 10.1. The summed E-state index contributed by atoms with van der Waals surface area (Å²) in [5, 5.41) is 0. The average molecular weight is 482 g/mol. The highest BCUT2D eigenvalue weighted by Gasteiger charge is 2.32. The van der Waals surface area contributed by atoms with Crippen molar-refractivity contribution in [2.45, 2.75) is 25.6 Å². The van der Waals surface area contributed by atoms with Crippen LogP contribution in [0, 0.1) is 0 Å². The predicted molar refractivity (Wildman–Crippen MR) is 114 cm³/mol. The highest BCUT2D eigenvalue weighted by Crippen LogP contribution is 2.36. The molecule has 1 saturated heterocycles. The molecular formula is C21H24BrNO5S. The highest BCUT2D eigenvalue weighted by atomic mass is 79.9. The summed E-state index contributed by atoms with van der Waals surface area (Å²) in [4.78, 5) is 2.24. The number of rotatable bonds is 6. The van der Waals surface area contributed by atoms with Crippen LogP contribution in [0.15, 0.2) is 40.9 Å². The van der Waals surface area contributed by atoms with Crippen molar-refractivity contribution in [3.63, 3.8) is 0 Å². The van der Waals surface area contributed by atoms with E-state index >= 15 is 0 Å². The molecule has 0 radical (unpaired) electrons. The quantitative estimate of drug-likeness (QED) is 0.629. The Balaban J connectivity index is 1.59. The maximum absolute atomic E-state index is 12.1. The molecule has 2 aromatic carbocycles. The summed E-state index contributed by atoms with van der Waals surface area (Å²) in [6, 6.07) is 11.8. The van der Waals surface area contributed by atoms with Gasteiger partial charge in [-0.2, -0.15) is 0 Å². The first kappa shape index (κ1) is 20.5. The van der Waals surface area contributed by atoms with Crippen LogP contribution in [0.4, 0.5) is 0 Å². The minimum atomic E-state index is -2.98. The molecule has 2 aromatic rings. The van der Waals surface area contributed by atoms with Crippen molar-refractivity contribution in [2.75, 3.05) is 31.8 Å². The van der Waals surface area contributed by atoms with Gasteiger partial charge in [0.1, 0.15) is 19.0 Å². The third-order valence-electron chi connectivity index (χ3n) is 5.35. The van der Waals surface area contributed by atoms with Gasteiger partial charge < -0.3 is 14.2 Å². The summed E-state index contributed by atoms with van der Waals surface area (Å²) in [6.45, 7) is 2.35. The van der Waals surface area contributed by atoms with Gasteiger partial charge in [-0.15, -0.1) is 0 Å². The van der Waals surface area contributed by atoms with Crippen molar-refractivity contribution < 1.29 is 22.6 Å². The molecule has 0 spiro atoms. The minimum absolute atomic E-state index is 0.0118. The number of methoxy groups -OCH3 is 1. The van der Waals surface area contributed by atoms with Crippen molar-refractivity contribution in [1.82, 2.24) is 4.90 Å². The van der Waals surface area contributed by atoms with Gasteiger partial charge >= 0.3 is 0 Å². The molecule has 0 aliphatic carbocycles. The van der Waals surface area contributed by atoms with E-state index in [0.29, 0.717) is 32.7 Å². The van der Waals surface area contributed by atoms with Gasteiger partial charge in [-0.1, -0.05) is 28.1 Å². The summed E-state index contributed by atoms with van der Waals surface area (Å²) in [5.74, 6) is 2.72. The van der Waals surface area contributed by atoms with Crippen molar-refractivity contribution in [3.8, 4) is 17.2 Å². The van der Waals surface area contributed by atoms with E-state index in [1.807, 2.05) is 36.4 Å². The molecule has 0 bridgehead atoms. The molecule has 29 heavy (non-hydrogen) atoms. The van der Waals surface area contributed by atoms with Gasteiger partial charge in [-0.3, -0.25) is 4.90 Å². The van der Waals surface area contributed by atoms with Crippen molar-refractivity contribution in [3.05, 3.63) is 52.0 Å². The number of benzene rings is 2. The van der Waals surface area contributed by atoms with Crippen LogP contribution in [-0.2, 0) is 22.9 Å². The SMILES string of the molecule is COc1ccc(CN(Cc2cc3c(cc2Br)OCCO3)C2CCS(=O)(=O)C2)cc1. The maximum Gasteiger partial charge on any atom is 0.162 e. The van der Waals surface area contributed by atoms with Gasteiger partial charge in [0, 0.05) is 23.6 Å². The lowest BCUT2D eigenvalue weighted by Crippen LogP contribution is -2.35. The van der Waals surface area contributed by atoms with E-state index in [1.54, 1.807) is 7.11 Å². The van der Waals surface area contributed by atoms with Gasteiger partial charge in [-0.05, 0) is 41.8 Å². The second-order valence-electron chi connectivity index (χ2n) is 7.40. The Morgan fingerprint density at radius 1 is 1.10 bits per heavy atom. The fourth-order valence-electron chi connectivity index (χ4n) is 3.79. The molecule has 0 amide bonds. The summed E-state index contributed by atoms with van der Waals surface area (Å²) in [5.41, 5.74) is 2.16. The molecular weight excluding hydrogens is 458 g/mol. The molecule has 4 rings (SSSR count). The lowest BCUT2D eigenvalue weighted by molar-refractivity contribution is 0.169. The Morgan fingerprint density at radius 2 is 1.79 bits per heavy atom. The first-order valence-electron chi connectivity index (χ1n) is 9.59. The number of hydrogen-bond donors (Lipinski definition) is 0.